The average molecular weight is 309 g/mol. The molecule has 1 aliphatic rings. The van der Waals surface area contributed by atoms with Crippen molar-refractivity contribution in [3.05, 3.63) is 53.0 Å². The van der Waals surface area contributed by atoms with Gasteiger partial charge in [-0.25, -0.2) is 0 Å². The van der Waals surface area contributed by atoms with Crippen LogP contribution in [0.5, 0.6) is 0 Å². The van der Waals surface area contributed by atoms with E-state index in [1.807, 2.05) is 31.3 Å². The van der Waals surface area contributed by atoms with Crippen LogP contribution < -0.4 is 5.32 Å². The molecule has 23 heavy (non-hydrogen) atoms. The predicted molar refractivity (Wildman–Crippen MR) is 87.2 cm³/mol. The van der Waals surface area contributed by atoms with Crippen molar-refractivity contribution in [1.29, 1.82) is 0 Å². The number of benzene rings is 1. The van der Waals surface area contributed by atoms with Crippen LogP contribution in [0.2, 0.25) is 0 Å². The molecule has 0 unspecified atom stereocenters. The standard InChI is InChI=1S/C18H19N3O2/c1-11-2-5-15-13(10-23-17(15)6-11)7-18(22)20-14-4-3-12-9-19-21-16(12)8-14/h2,5-6,9-10,14H,3-4,7-8H2,1H3,(H,19,21)(H,20,22)/t14-/m0/s1. The summed E-state index contributed by atoms with van der Waals surface area (Å²) in [5.74, 6) is 0.0428. The molecule has 5 heteroatoms. The van der Waals surface area contributed by atoms with Crippen LogP contribution in [-0.4, -0.2) is 22.1 Å². The van der Waals surface area contributed by atoms with Gasteiger partial charge in [0, 0.05) is 29.1 Å². The Morgan fingerprint density at radius 2 is 2.39 bits per heavy atom. The van der Waals surface area contributed by atoms with Crippen molar-refractivity contribution in [3.8, 4) is 0 Å². The Morgan fingerprint density at radius 1 is 1.48 bits per heavy atom. The summed E-state index contributed by atoms with van der Waals surface area (Å²) < 4.78 is 5.56. The molecule has 0 fully saturated rings. The van der Waals surface area contributed by atoms with E-state index in [2.05, 4.69) is 15.5 Å². The van der Waals surface area contributed by atoms with Crippen LogP contribution in [-0.2, 0) is 24.1 Å². The number of nitrogens with zero attached hydrogens (tertiary/aromatic N) is 1. The largest absolute Gasteiger partial charge is 0.464 e. The highest BCUT2D eigenvalue weighted by atomic mass is 16.3. The molecule has 0 spiro atoms. The number of H-pyrrole nitrogens is 1. The second-order valence-corrected chi connectivity index (χ2v) is 6.32. The van der Waals surface area contributed by atoms with Crippen LogP contribution in [0.25, 0.3) is 11.0 Å². The molecule has 4 rings (SSSR count). The Balaban J connectivity index is 1.44. The van der Waals surface area contributed by atoms with E-state index >= 15 is 0 Å². The molecular weight excluding hydrogens is 290 g/mol. The van der Waals surface area contributed by atoms with Gasteiger partial charge in [0.2, 0.25) is 5.91 Å². The van der Waals surface area contributed by atoms with Crippen molar-refractivity contribution < 1.29 is 9.21 Å². The lowest BCUT2D eigenvalue weighted by Crippen LogP contribution is -2.39. The molecule has 5 nitrogen and oxygen atoms in total. The summed E-state index contributed by atoms with van der Waals surface area (Å²) in [5, 5.41) is 11.2. The van der Waals surface area contributed by atoms with Gasteiger partial charge in [-0.15, -0.1) is 0 Å². The highest BCUT2D eigenvalue weighted by Gasteiger charge is 2.22. The summed E-state index contributed by atoms with van der Waals surface area (Å²) in [4.78, 5) is 12.4. The normalized spacial score (nSPS) is 17.2. The van der Waals surface area contributed by atoms with Crippen molar-refractivity contribution in [3.63, 3.8) is 0 Å². The summed E-state index contributed by atoms with van der Waals surface area (Å²) in [5.41, 5.74) is 5.35. The van der Waals surface area contributed by atoms with E-state index in [0.29, 0.717) is 6.42 Å². The zero-order valence-electron chi connectivity index (χ0n) is 13.1. The van der Waals surface area contributed by atoms with Crippen LogP contribution in [0, 0.1) is 6.92 Å². The Morgan fingerprint density at radius 3 is 3.30 bits per heavy atom. The van der Waals surface area contributed by atoms with E-state index < -0.39 is 0 Å². The second-order valence-electron chi connectivity index (χ2n) is 6.32. The first-order valence-electron chi connectivity index (χ1n) is 7.96. The zero-order chi connectivity index (χ0) is 15.8. The number of aromatic nitrogens is 2. The third-order valence-corrected chi connectivity index (χ3v) is 4.55. The van der Waals surface area contributed by atoms with Crippen molar-refractivity contribution in [2.75, 3.05) is 0 Å². The van der Waals surface area contributed by atoms with Gasteiger partial charge in [-0.05, 0) is 37.0 Å². The van der Waals surface area contributed by atoms with E-state index in [-0.39, 0.29) is 11.9 Å². The van der Waals surface area contributed by atoms with Crippen LogP contribution in [0.4, 0.5) is 0 Å². The number of amides is 1. The van der Waals surface area contributed by atoms with Gasteiger partial charge in [-0.3, -0.25) is 9.89 Å². The first-order chi connectivity index (χ1) is 11.2. The Kier molecular flexibility index (Phi) is 3.41. The monoisotopic (exact) mass is 309 g/mol. The summed E-state index contributed by atoms with van der Waals surface area (Å²) in [6.45, 7) is 2.03. The van der Waals surface area contributed by atoms with Crippen LogP contribution in [0.1, 0.15) is 28.8 Å². The maximum atomic E-state index is 12.4. The molecule has 0 aliphatic heterocycles. The molecule has 0 radical (unpaired) electrons. The highest BCUT2D eigenvalue weighted by Crippen LogP contribution is 2.23. The second kappa shape index (κ2) is 5.57. The number of hydrogen-bond acceptors (Lipinski definition) is 3. The minimum Gasteiger partial charge on any atom is -0.464 e. The summed E-state index contributed by atoms with van der Waals surface area (Å²) in [7, 11) is 0. The fraction of sp³-hybridized carbons (Fsp3) is 0.333. The first-order valence-corrected chi connectivity index (χ1v) is 7.96. The minimum atomic E-state index is 0.0428. The molecule has 2 N–H and O–H groups in total. The number of rotatable bonds is 3. The molecule has 1 aliphatic carbocycles. The average Bonchev–Trinajstić information content (AvgIpc) is 3.13. The number of aryl methyl sites for hydroxylation is 2. The SMILES string of the molecule is Cc1ccc2c(CC(=O)N[C@H]3CCc4cn[nH]c4C3)coc2c1. The third-order valence-electron chi connectivity index (χ3n) is 4.55. The molecule has 118 valence electrons. The molecule has 1 amide bonds. The van der Waals surface area contributed by atoms with Gasteiger partial charge >= 0.3 is 0 Å². The van der Waals surface area contributed by atoms with Gasteiger partial charge in [0.1, 0.15) is 5.58 Å². The van der Waals surface area contributed by atoms with Crippen molar-refractivity contribution in [1.82, 2.24) is 15.5 Å². The lowest BCUT2D eigenvalue weighted by molar-refractivity contribution is -0.121. The summed E-state index contributed by atoms with van der Waals surface area (Å²) >= 11 is 0. The smallest absolute Gasteiger partial charge is 0.224 e. The van der Waals surface area contributed by atoms with Crippen molar-refractivity contribution in [2.45, 2.75) is 38.6 Å². The summed E-state index contributed by atoms with van der Waals surface area (Å²) in [6, 6.07) is 6.24. The number of hydrogen-bond donors (Lipinski definition) is 2. The lowest BCUT2D eigenvalue weighted by Gasteiger charge is -2.22. The fourth-order valence-corrected chi connectivity index (χ4v) is 3.31. The number of fused-ring (bicyclic) bond motifs is 2. The Hall–Kier alpha value is -2.56. The first kappa shape index (κ1) is 14.1. The van der Waals surface area contributed by atoms with Crippen LogP contribution >= 0.6 is 0 Å². The molecule has 3 aromatic rings. The van der Waals surface area contributed by atoms with Gasteiger partial charge in [0.25, 0.3) is 0 Å². The fourth-order valence-electron chi connectivity index (χ4n) is 3.31. The zero-order valence-corrected chi connectivity index (χ0v) is 13.1. The quantitative estimate of drug-likeness (QED) is 0.781. The molecule has 0 bridgehead atoms. The molecular formula is C18H19N3O2. The lowest BCUT2D eigenvalue weighted by atomic mass is 9.93. The number of carbonyl (C=O) groups excluding carboxylic acids is 1. The Labute approximate surface area is 134 Å². The number of carbonyl (C=O) groups is 1. The predicted octanol–water partition coefficient (Wildman–Crippen LogP) is 2.68. The highest BCUT2D eigenvalue weighted by molar-refractivity contribution is 5.88. The molecule has 2 heterocycles. The van der Waals surface area contributed by atoms with Crippen LogP contribution in [0.15, 0.2) is 35.1 Å². The number of nitrogens with one attached hydrogen (secondary N) is 2. The van der Waals surface area contributed by atoms with Gasteiger partial charge in [0.05, 0.1) is 18.9 Å². The van der Waals surface area contributed by atoms with Gasteiger partial charge in [-0.1, -0.05) is 12.1 Å². The van der Waals surface area contributed by atoms with E-state index in [1.165, 1.54) is 5.56 Å². The van der Waals surface area contributed by atoms with E-state index in [1.54, 1.807) is 6.26 Å². The van der Waals surface area contributed by atoms with Crippen LogP contribution in [0.3, 0.4) is 0 Å². The number of furan rings is 1. The molecule has 0 saturated carbocycles. The molecule has 1 aromatic carbocycles. The third kappa shape index (κ3) is 2.74. The maximum Gasteiger partial charge on any atom is 0.224 e. The van der Waals surface area contributed by atoms with Gasteiger partial charge < -0.3 is 9.73 Å². The van der Waals surface area contributed by atoms with Gasteiger partial charge in [-0.2, -0.15) is 5.10 Å². The van der Waals surface area contributed by atoms with Crippen molar-refractivity contribution in [2.24, 2.45) is 0 Å². The Bertz CT molecular complexity index is 862. The van der Waals surface area contributed by atoms with E-state index in [4.69, 9.17) is 4.42 Å². The summed E-state index contributed by atoms with van der Waals surface area (Å²) in [6.07, 6.45) is 6.67. The van der Waals surface area contributed by atoms with Crippen molar-refractivity contribution >= 4 is 16.9 Å². The molecule has 0 saturated heterocycles. The van der Waals surface area contributed by atoms with E-state index in [0.717, 1.165) is 47.1 Å². The maximum absolute atomic E-state index is 12.4. The number of aromatic amines is 1. The van der Waals surface area contributed by atoms with Gasteiger partial charge in [0.15, 0.2) is 0 Å². The minimum absolute atomic E-state index is 0.0428. The topological polar surface area (TPSA) is 70.9 Å². The van der Waals surface area contributed by atoms with E-state index in [9.17, 15) is 4.79 Å². The molecule has 1 atom stereocenters. The molecule has 2 aromatic heterocycles.